The van der Waals surface area contributed by atoms with E-state index in [4.69, 9.17) is 10.8 Å². The molecule has 0 aliphatic carbocycles. The predicted molar refractivity (Wildman–Crippen MR) is 67.3 cm³/mol. The van der Waals surface area contributed by atoms with Crippen LogP contribution in [0.4, 0.5) is 4.79 Å². The topological polar surface area (TPSA) is 92.4 Å². The maximum Gasteiger partial charge on any atom is 0.318 e. The molecule has 16 heavy (non-hydrogen) atoms. The molecule has 3 amide bonds. The van der Waals surface area contributed by atoms with Gasteiger partial charge in [0.25, 0.3) is 0 Å². The molecular weight excluding hydrogens is 276 g/mol. The smallest absolute Gasteiger partial charge is 0.318 e. The van der Waals surface area contributed by atoms with Gasteiger partial charge in [-0.3, -0.25) is 10.1 Å². The Kier molecular flexibility index (Phi) is 9.46. The Bertz CT molecular complexity index is 225. The third-order valence-corrected chi connectivity index (χ3v) is 3.25. The van der Waals surface area contributed by atoms with Crippen LogP contribution < -0.4 is 11.1 Å². The van der Waals surface area contributed by atoms with E-state index >= 15 is 0 Å². The molecule has 0 spiro atoms. The molecule has 0 unspecified atom stereocenters. The Labute approximate surface area is 105 Å². The molecule has 0 aliphatic heterocycles. The summed E-state index contributed by atoms with van der Waals surface area (Å²) >= 11 is 3.26. The zero-order chi connectivity index (χ0) is 13.4. The summed E-state index contributed by atoms with van der Waals surface area (Å²) < 4.78 is -0.665. The Balaban J connectivity index is 0. The quantitative estimate of drug-likeness (QED) is 0.690. The van der Waals surface area contributed by atoms with Crippen molar-refractivity contribution in [2.75, 3.05) is 0 Å². The molecule has 0 radical (unpaired) electrons. The number of carbonyl (C=O) groups is 2. The summed E-state index contributed by atoms with van der Waals surface area (Å²) in [5.74, 6) is -0.375. The molecule has 0 aromatic carbocycles. The second-order valence-electron chi connectivity index (χ2n) is 3.58. The van der Waals surface area contributed by atoms with Gasteiger partial charge in [-0.25, -0.2) is 4.79 Å². The first-order valence-corrected chi connectivity index (χ1v) is 5.96. The van der Waals surface area contributed by atoms with Crippen LogP contribution in [0.5, 0.6) is 0 Å². The highest BCUT2D eigenvalue weighted by Gasteiger charge is 2.32. The van der Waals surface area contributed by atoms with Crippen LogP contribution in [0.25, 0.3) is 0 Å². The van der Waals surface area contributed by atoms with E-state index in [0.717, 1.165) is 0 Å². The molecule has 0 atom stereocenters. The molecule has 5 nitrogen and oxygen atoms in total. The summed E-state index contributed by atoms with van der Waals surface area (Å²) in [4.78, 5) is 21.6. The van der Waals surface area contributed by atoms with Crippen molar-refractivity contribution in [2.24, 2.45) is 5.73 Å². The molecule has 0 aliphatic rings. The minimum atomic E-state index is -0.814. The van der Waals surface area contributed by atoms with Gasteiger partial charge in [0, 0.05) is 6.10 Å². The number of nitrogens with two attached hydrogens (primary N) is 1. The molecular formula is C10H21BrN2O3. The summed E-state index contributed by atoms with van der Waals surface area (Å²) in [6.45, 7) is 7.16. The molecule has 0 saturated heterocycles. The van der Waals surface area contributed by atoms with E-state index in [1.807, 2.05) is 19.2 Å². The van der Waals surface area contributed by atoms with Gasteiger partial charge in [0.1, 0.15) is 4.32 Å². The number of imide groups is 1. The first-order chi connectivity index (χ1) is 7.19. The van der Waals surface area contributed by atoms with Crippen molar-refractivity contribution in [3.05, 3.63) is 0 Å². The van der Waals surface area contributed by atoms with Crippen molar-refractivity contribution in [2.45, 2.75) is 51.0 Å². The molecule has 0 aromatic rings. The van der Waals surface area contributed by atoms with Gasteiger partial charge in [0.15, 0.2) is 0 Å². The second-order valence-corrected chi connectivity index (χ2v) is 5.10. The lowest BCUT2D eigenvalue weighted by atomic mass is 10.0. The zero-order valence-corrected chi connectivity index (χ0v) is 11.8. The van der Waals surface area contributed by atoms with Crippen molar-refractivity contribution in [3.8, 4) is 0 Å². The van der Waals surface area contributed by atoms with Gasteiger partial charge in [0.05, 0.1) is 0 Å². The number of primary amides is 1. The molecule has 0 rings (SSSR count). The van der Waals surface area contributed by atoms with Gasteiger partial charge in [-0.1, -0.05) is 29.8 Å². The number of halogens is 1. The number of hydrogen-bond donors (Lipinski definition) is 3. The van der Waals surface area contributed by atoms with Crippen LogP contribution in [-0.2, 0) is 4.79 Å². The van der Waals surface area contributed by atoms with Crippen LogP contribution in [-0.4, -0.2) is 27.5 Å². The summed E-state index contributed by atoms with van der Waals surface area (Å²) in [6.07, 6.45) is 1.06. The van der Waals surface area contributed by atoms with Crippen LogP contribution in [0, 0.1) is 0 Å². The molecule has 6 heteroatoms. The van der Waals surface area contributed by atoms with E-state index in [2.05, 4.69) is 15.9 Å². The van der Waals surface area contributed by atoms with Crippen LogP contribution >= 0.6 is 15.9 Å². The molecule has 0 aromatic heterocycles. The molecule has 0 fully saturated rings. The Morgan fingerprint density at radius 1 is 1.38 bits per heavy atom. The van der Waals surface area contributed by atoms with Gasteiger partial charge >= 0.3 is 6.03 Å². The fourth-order valence-electron chi connectivity index (χ4n) is 0.795. The maximum absolute atomic E-state index is 11.3. The minimum Gasteiger partial charge on any atom is -0.394 e. The number of rotatable bonds is 3. The Hall–Kier alpha value is -0.620. The van der Waals surface area contributed by atoms with Crippen LogP contribution in [0.3, 0.4) is 0 Å². The number of urea groups is 1. The molecule has 0 saturated carbocycles. The third-order valence-electron chi connectivity index (χ3n) is 1.76. The number of aliphatic hydroxyl groups excluding tert-OH is 1. The van der Waals surface area contributed by atoms with E-state index in [1.165, 1.54) is 0 Å². The SMILES string of the molecule is CC(C)O.CCC(Br)(CC)C(=O)NC(N)=O. The Morgan fingerprint density at radius 2 is 1.69 bits per heavy atom. The highest BCUT2D eigenvalue weighted by Crippen LogP contribution is 2.26. The summed E-state index contributed by atoms with van der Waals surface area (Å²) in [5.41, 5.74) is 4.81. The van der Waals surface area contributed by atoms with Crippen LogP contribution in [0.2, 0.25) is 0 Å². The number of carbonyl (C=O) groups excluding carboxylic acids is 2. The van der Waals surface area contributed by atoms with Gasteiger partial charge in [0.2, 0.25) is 5.91 Å². The van der Waals surface area contributed by atoms with Crippen molar-refractivity contribution >= 4 is 27.9 Å². The van der Waals surface area contributed by atoms with Gasteiger partial charge < -0.3 is 10.8 Å². The molecule has 96 valence electrons. The second kappa shape index (κ2) is 8.52. The number of hydrogen-bond acceptors (Lipinski definition) is 3. The highest BCUT2D eigenvalue weighted by molar-refractivity contribution is 9.10. The van der Waals surface area contributed by atoms with Crippen LogP contribution in [0.15, 0.2) is 0 Å². The highest BCUT2D eigenvalue weighted by atomic mass is 79.9. The first-order valence-electron chi connectivity index (χ1n) is 5.17. The monoisotopic (exact) mass is 296 g/mol. The van der Waals surface area contributed by atoms with Gasteiger partial charge in [-0.2, -0.15) is 0 Å². The number of amides is 3. The molecule has 0 bridgehead atoms. The lowest BCUT2D eigenvalue weighted by Crippen LogP contribution is -2.46. The number of alkyl halides is 1. The van der Waals surface area contributed by atoms with E-state index in [9.17, 15) is 9.59 Å². The summed E-state index contributed by atoms with van der Waals surface area (Å²) in [7, 11) is 0. The van der Waals surface area contributed by atoms with Crippen molar-refractivity contribution in [1.82, 2.24) is 5.32 Å². The summed E-state index contributed by atoms with van der Waals surface area (Å²) in [6, 6.07) is -0.814. The lowest BCUT2D eigenvalue weighted by Gasteiger charge is -2.21. The molecule has 0 heterocycles. The predicted octanol–water partition coefficient (Wildman–Crippen LogP) is 1.52. The minimum absolute atomic E-state index is 0.167. The standard InChI is InChI=1S/C7H13BrN2O2.C3H8O/c1-3-7(8,4-2)5(11)10-6(9)12;1-3(2)4/h3-4H2,1-2H3,(H3,9,10,11,12);3-4H,1-2H3. The fraction of sp³-hybridized carbons (Fsp3) is 0.800. The number of aliphatic hydroxyl groups is 1. The number of nitrogens with one attached hydrogen (secondary N) is 1. The summed E-state index contributed by atoms with van der Waals surface area (Å²) in [5, 5.41) is 10.1. The normalized spacial score (nSPS) is 10.4. The van der Waals surface area contributed by atoms with E-state index in [0.29, 0.717) is 12.8 Å². The van der Waals surface area contributed by atoms with Gasteiger partial charge in [-0.15, -0.1) is 0 Å². The average Bonchev–Trinajstić information content (AvgIpc) is 2.14. The van der Waals surface area contributed by atoms with Crippen molar-refractivity contribution < 1.29 is 14.7 Å². The fourth-order valence-corrected chi connectivity index (χ4v) is 0.894. The lowest BCUT2D eigenvalue weighted by molar-refractivity contribution is -0.122. The van der Waals surface area contributed by atoms with E-state index < -0.39 is 10.4 Å². The van der Waals surface area contributed by atoms with E-state index in [-0.39, 0.29) is 12.0 Å². The van der Waals surface area contributed by atoms with Crippen molar-refractivity contribution in [3.63, 3.8) is 0 Å². The van der Waals surface area contributed by atoms with Crippen molar-refractivity contribution in [1.29, 1.82) is 0 Å². The first kappa shape index (κ1) is 17.8. The van der Waals surface area contributed by atoms with E-state index in [1.54, 1.807) is 13.8 Å². The Morgan fingerprint density at radius 3 is 1.88 bits per heavy atom. The zero-order valence-electron chi connectivity index (χ0n) is 10.2. The molecule has 4 N–H and O–H groups in total. The average molecular weight is 297 g/mol. The largest absolute Gasteiger partial charge is 0.394 e. The third kappa shape index (κ3) is 8.67. The van der Waals surface area contributed by atoms with Crippen LogP contribution in [0.1, 0.15) is 40.5 Å². The van der Waals surface area contributed by atoms with Gasteiger partial charge in [-0.05, 0) is 26.7 Å². The maximum atomic E-state index is 11.3.